The Hall–Kier alpha value is 0.389. The molecule has 0 aliphatic carbocycles. The molecule has 104 valence electrons. The van der Waals surface area contributed by atoms with E-state index in [0.717, 1.165) is 0 Å². The molecule has 1 heteroatoms. The van der Waals surface area contributed by atoms with Crippen molar-refractivity contribution in [2.45, 2.75) is 96.8 Å². The van der Waals surface area contributed by atoms with Crippen LogP contribution in [0.4, 0.5) is 0 Å². The third kappa shape index (κ3) is 16.4. The molecule has 0 spiro atoms. The van der Waals surface area contributed by atoms with Crippen LogP contribution in [0.2, 0.25) is 0 Å². The van der Waals surface area contributed by atoms with Gasteiger partial charge in [0, 0.05) is 0 Å². The Labute approximate surface area is 117 Å². The monoisotopic (exact) mass is 280 g/mol. The van der Waals surface area contributed by atoms with E-state index in [1.165, 1.54) is 89.9 Å². The molecule has 0 saturated heterocycles. The topological polar surface area (TPSA) is 0 Å². The Morgan fingerprint density at radius 1 is 0.588 bits per heavy atom. The van der Waals surface area contributed by atoms with Crippen molar-refractivity contribution < 1.29 is 15.6 Å². The first-order valence-electron chi connectivity index (χ1n) is 7.82. The summed E-state index contributed by atoms with van der Waals surface area (Å²) in [6.07, 6.45) is 19.9. The summed E-state index contributed by atoms with van der Waals surface area (Å²) in [5.41, 5.74) is 0. The average Bonchev–Trinajstić information content (AvgIpc) is 2.35. The van der Waals surface area contributed by atoms with Gasteiger partial charge in [0.1, 0.15) is 0 Å². The van der Waals surface area contributed by atoms with E-state index in [-0.39, 0.29) is 0 Å². The van der Waals surface area contributed by atoms with Crippen molar-refractivity contribution >= 4 is 4.92 Å². The number of unbranched alkanes of at least 4 members (excludes halogenated alkanes) is 13. The zero-order valence-corrected chi connectivity index (χ0v) is 12.9. The average molecular weight is 280 g/mol. The fraction of sp³-hybridized carbons (Fsp3) is 0.938. The van der Waals surface area contributed by atoms with E-state index in [2.05, 4.69) is 22.5 Å². The minimum atomic E-state index is 1.21. The first kappa shape index (κ1) is 17.4. The molecule has 0 atom stereocenters. The van der Waals surface area contributed by atoms with Crippen molar-refractivity contribution in [3.63, 3.8) is 0 Å². The Kier molecular flexibility index (Phi) is 16.8. The van der Waals surface area contributed by atoms with Crippen LogP contribution in [-0.4, -0.2) is 4.92 Å². The van der Waals surface area contributed by atoms with E-state index in [1.54, 1.807) is 0 Å². The van der Waals surface area contributed by atoms with Crippen molar-refractivity contribution in [1.82, 2.24) is 0 Å². The molecule has 0 aromatic rings. The molecule has 17 heavy (non-hydrogen) atoms. The van der Waals surface area contributed by atoms with Gasteiger partial charge in [-0.25, -0.2) is 0 Å². The molecular weight excluding hydrogens is 248 g/mol. The van der Waals surface area contributed by atoms with Gasteiger partial charge in [-0.15, -0.1) is 0 Å². The molecule has 0 aromatic carbocycles. The first-order valence-corrected chi connectivity index (χ1v) is 8.46. The molecular formula is C16H32Fe. The molecule has 0 saturated carbocycles. The normalized spacial score (nSPS) is 10.7. The molecule has 0 aromatic heterocycles. The summed E-state index contributed by atoms with van der Waals surface area (Å²) in [6.45, 7) is 2.29. The molecule has 0 nitrogen and oxygen atoms in total. The molecule has 0 aliphatic rings. The van der Waals surface area contributed by atoms with Gasteiger partial charge in [0.05, 0.1) is 0 Å². The van der Waals surface area contributed by atoms with Crippen LogP contribution in [0, 0.1) is 0 Å². The van der Waals surface area contributed by atoms with Gasteiger partial charge >= 0.3 is 91.1 Å². The fourth-order valence-corrected chi connectivity index (χ4v) is 2.46. The van der Waals surface area contributed by atoms with Crippen LogP contribution in [0.25, 0.3) is 0 Å². The quantitative estimate of drug-likeness (QED) is 0.278. The van der Waals surface area contributed by atoms with Gasteiger partial charge in [0.25, 0.3) is 0 Å². The van der Waals surface area contributed by atoms with Crippen molar-refractivity contribution in [3.05, 3.63) is 0 Å². The maximum atomic E-state index is 3.75. The van der Waals surface area contributed by atoms with Gasteiger partial charge in [-0.3, -0.25) is 0 Å². The van der Waals surface area contributed by atoms with Gasteiger partial charge in [-0.05, 0) is 0 Å². The van der Waals surface area contributed by atoms with E-state index in [0.29, 0.717) is 0 Å². The van der Waals surface area contributed by atoms with Crippen LogP contribution < -0.4 is 0 Å². The predicted molar refractivity (Wildman–Crippen MR) is 76.4 cm³/mol. The molecule has 0 bridgehead atoms. The van der Waals surface area contributed by atoms with Gasteiger partial charge in [0.2, 0.25) is 0 Å². The summed E-state index contributed by atoms with van der Waals surface area (Å²) >= 11 is 3.75. The van der Waals surface area contributed by atoms with Crippen molar-refractivity contribution in [2.24, 2.45) is 0 Å². The molecule has 0 heterocycles. The molecule has 0 amide bonds. The third-order valence-corrected chi connectivity index (χ3v) is 3.73. The zero-order valence-electron chi connectivity index (χ0n) is 11.8. The summed E-state index contributed by atoms with van der Waals surface area (Å²) in [5.74, 6) is 0. The Bertz CT molecular complexity index is 142. The minimum absolute atomic E-state index is 1.21. The van der Waals surface area contributed by atoms with Gasteiger partial charge < -0.3 is 0 Å². The van der Waals surface area contributed by atoms with E-state index >= 15 is 0 Å². The summed E-state index contributed by atoms with van der Waals surface area (Å²) < 4.78 is 0. The summed E-state index contributed by atoms with van der Waals surface area (Å²) in [7, 11) is 0. The maximum absolute atomic E-state index is 3.75. The van der Waals surface area contributed by atoms with Crippen LogP contribution in [-0.2, 0) is 15.6 Å². The summed E-state index contributed by atoms with van der Waals surface area (Å²) in [6, 6.07) is 0. The fourth-order valence-electron chi connectivity index (χ4n) is 2.23. The Morgan fingerprint density at radius 3 is 1.29 bits per heavy atom. The number of hydrogen-bond donors (Lipinski definition) is 0. The summed E-state index contributed by atoms with van der Waals surface area (Å²) in [5, 5.41) is 0. The standard InChI is InChI=1S/C16H32.Fe/c1-3-5-7-9-11-13-15-16-14-12-10-8-6-4-2;/h1H,3-16H2,2H3;. The molecule has 0 radical (unpaired) electrons. The van der Waals surface area contributed by atoms with Crippen molar-refractivity contribution in [1.29, 1.82) is 0 Å². The second-order valence-corrected chi connectivity index (χ2v) is 5.63. The third-order valence-electron chi connectivity index (χ3n) is 3.41. The number of rotatable bonds is 14. The predicted octanol–water partition coefficient (Wildman–Crippen LogP) is 5.82. The van der Waals surface area contributed by atoms with Crippen LogP contribution in [0.5, 0.6) is 0 Å². The van der Waals surface area contributed by atoms with E-state index in [1.807, 2.05) is 4.92 Å². The van der Waals surface area contributed by atoms with E-state index in [9.17, 15) is 0 Å². The van der Waals surface area contributed by atoms with Crippen LogP contribution >= 0.6 is 0 Å². The van der Waals surface area contributed by atoms with Gasteiger partial charge in [0.15, 0.2) is 0 Å². The van der Waals surface area contributed by atoms with Crippen LogP contribution in [0.1, 0.15) is 96.8 Å². The second-order valence-electron chi connectivity index (χ2n) is 5.18. The van der Waals surface area contributed by atoms with Crippen LogP contribution in [0.3, 0.4) is 0 Å². The zero-order chi connectivity index (χ0) is 12.6. The van der Waals surface area contributed by atoms with Crippen molar-refractivity contribution in [3.8, 4) is 0 Å². The molecule has 0 N–H and O–H groups in total. The Morgan fingerprint density at radius 2 is 0.941 bits per heavy atom. The number of hydrogen-bond acceptors (Lipinski definition) is 0. The molecule has 0 fully saturated rings. The summed E-state index contributed by atoms with van der Waals surface area (Å²) in [4.78, 5) is 2.04. The van der Waals surface area contributed by atoms with Crippen molar-refractivity contribution in [2.75, 3.05) is 0 Å². The molecule has 0 aliphatic heterocycles. The molecule has 0 rings (SSSR count). The van der Waals surface area contributed by atoms with Gasteiger partial charge in [-0.2, -0.15) is 0 Å². The first-order chi connectivity index (χ1) is 8.41. The Balaban J connectivity index is 2.87. The van der Waals surface area contributed by atoms with Crippen LogP contribution in [0.15, 0.2) is 0 Å². The van der Waals surface area contributed by atoms with Gasteiger partial charge in [-0.1, -0.05) is 26.2 Å². The molecule has 0 unspecified atom stereocenters. The SMILES string of the molecule is CCCCCCCCCCCCCCC[CH]=[Fe]. The van der Waals surface area contributed by atoms with E-state index < -0.39 is 0 Å². The second kappa shape index (κ2) is 16.4. The van der Waals surface area contributed by atoms with E-state index in [4.69, 9.17) is 0 Å².